The van der Waals surface area contributed by atoms with Gasteiger partial charge in [-0.2, -0.15) is 0 Å². The second-order valence-electron chi connectivity index (χ2n) is 7.38. The van der Waals surface area contributed by atoms with E-state index in [0.29, 0.717) is 29.8 Å². The van der Waals surface area contributed by atoms with E-state index >= 15 is 0 Å². The first-order valence-corrected chi connectivity index (χ1v) is 9.00. The van der Waals surface area contributed by atoms with Crippen molar-refractivity contribution in [2.75, 3.05) is 6.54 Å². The van der Waals surface area contributed by atoms with Gasteiger partial charge in [0.25, 0.3) is 0 Å². The van der Waals surface area contributed by atoms with Crippen molar-refractivity contribution < 1.29 is 5.11 Å². The summed E-state index contributed by atoms with van der Waals surface area (Å²) in [4.78, 5) is 6.75. The van der Waals surface area contributed by atoms with Crippen LogP contribution >= 0.6 is 11.3 Å². The maximum Gasteiger partial charge on any atom is 0.135 e. The minimum absolute atomic E-state index is 0.00518. The molecule has 0 saturated heterocycles. The molecule has 0 amide bonds. The summed E-state index contributed by atoms with van der Waals surface area (Å²) < 4.78 is 0. The molecule has 1 aromatic heterocycles. The molecule has 0 aromatic carbocycles. The Bertz CT molecular complexity index is 606. The van der Waals surface area contributed by atoms with E-state index in [1.54, 1.807) is 0 Å². The first-order chi connectivity index (χ1) is 10.4. The minimum Gasteiger partial charge on any atom is -0.510 e. The molecule has 1 aromatic rings. The summed E-state index contributed by atoms with van der Waals surface area (Å²) in [5, 5.41) is 21.7. The summed E-state index contributed by atoms with van der Waals surface area (Å²) in [7, 11) is 0. The number of thiazole rings is 1. The molecule has 0 spiro atoms. The molecule has 1 saturated carbocycles. The molecular formula is C17H25N3OS. The van der Waals surface area contributed by atoms with E-state index in [0.717, 1.165) is 23.5 Å². The molecule has 1 aliphatic heterocycles. The molecule has 1 fully saturated rings. The molecule has 0 atom stereocenters. The highest BCUT2D eigenvalue weighted by Crippen LogP contribution is 2.35. The second kappa shape index (κ2) is 5.69. The fourth-order valence-corrected chi connectivity index (χ4v) is 4.37. The van der Waals surface area contributed by atoms with E-state index in [9.17, 15) is 5.11 Å². The number of aromatic nitrogens is 1. The number of nitrogens with one attached hydrogen (secondary N) is 1. The average Bonchev–Trinajstić information content (AvgIpc) is 3.04. The van der Waals surface area contributed by atoms with Gasteiger partial charge in [-0.1, -0.05) is 40.0 Å². The third-order valence-electron chi connectivity index (χ3n) is 4.63. The van der Waals surface area contributed by atoms with Crippen LogP contribution in [-0.2, 0) is 5.41 Å². The molecule has 5 heteroatoms. The molecule has 2 N–H and O–H groups in total. The van der Waals surface area contributed by atoms with Crippen LogP contribution in [0.1, 0.15) is 63.6 Å². The van der Waals surface area contributed by atoms with E-state index in [2.05, 4.69) is 30.7 Å². The Balaban J connectivity index is 1.83. The van der Waals surface area contributed by atoms with Gasteiger partial charge < -0.3 is 10.0 Å². The molecule has 2 heterocycles. The van der Waals surface area contributed by atoms with E-state index in [1.165, 1.54) is 30.6 Å². The quantitative estimate of drug-likeness (QED) is 0.852. The lowest BCUT2D eigenvalue weighted by atomic mass is 9.93. The van der Waals surface area contributed by atoms with Crippen LogP contribution in [0.5, 0.6) is 0 Å². The van der Waals surface area contributed by atoms with Crippen LogP contribution in [0.15, 0.2) is 11.1 Å². The van der Waals surface area contributed by atoms with Crippen molar-refractivity contribution in [2.24, 2.45) is 0 Å². The van der Waals surface area contributed by atoms with Gasteiger partial charge in [-0.05, 0) is 12.8 Å². The van der Waals surface area contributed by atoms with Gasteiger partial charge in [0.2, 0.25) is 0 Å². The smallest absolute Gasteiger partial charge is 0.135 e. The number of aliphatic hydroxyl groups is 1. The molecule has 0 unspecified atom stereocenters. The van der Waals surface area contributed by atoms with Crippen LogP contribution in [0.2, 0.25) is 0 Å². The largest absolute Gasteiger partial charge is 0.510 e. The summed E-state index contributed by atoms with van der Waals surface area (Å²) in [5.74, 6) is 0.768. The Kier molecular flexibility index (Phi) is 4.02. The van der Waals surface area contributed by atoms with E-state index < -0.39 is 0 Å². The number of hydrogen-bond donors (Lipinski definition) is 2. The van der Waals surface area contributed by atoms with Crippen LogP contribution in [0.3, 0.4) is 0 Å². The van der Waals surface area contributed by atoms with Gasteiger partial charge in [0.05, 0.1) is 17.8 Å². The van der Waals surface area contributed by atoms with E-state index in [4.69, 9.17) is 5.41 Å². The topological polar surface area (TPSA) is 60.2 Å². The van der Waals surface area contributed by atoms with Crippen LogP contribution in [0.25, 0.3) is 5.57 Å². The van der Waals surface area contributed by atoms with Crippen molar-refractivity contribution in [3.05, 3.63) is 21.8 Å². The predicted octanol–water partition coefficient (Wildman–Crippen LogP) is 4.34. The number of amidine groups is 1. The molecule has 4 nitrogen and oxygen atoms in total. The molecule has 0 bridgehead atoms. The zero-order chi connectivity index (χ0) is 15.9. The average molecular weight is 319 g/mol. The highest BCUT2D eigenvalue weighted by molar-refractivity contribution is 7.11. The van der Waals surface area contributed by atoms with Crippen molar-refractivity contribution in [1.82, 2.24) is 9.88 Å². The normalized spacial score (nSPS) is 21.0. The van der Waals surface area contributed by atoms with Crippen molar-refractivity contribution in [2.45, 2.75) is 64.3 Å². The Morgan fingerprint density at radius 2 is 1.95 bits per heavy atom. The standard InChI is InChI=1S/C17H25N3OS/c1-17(2,3)13-10-22-16(19-13)14-12(21)9-20(15(14)18)11-7-5-4-6-8-11/h10-11,18,21H,4-9H2,1-3H3. The molecule has 22 heavy (non-hydrogen) atoms. The summed E-state index contributed by atoms with van der Waals surface area (Å²) in [5.41, 5.74) is 1.66. The van der Waals surface area contributed by atoms with Gasteiger partial charge >= 0.3 is 0 Å². The Hall–Kier alpha value is -1.36. The lowest BCUT2D eigenvalue weighted by Gasteiger charge is -2.32. The van der Waals surface area contributed by atoms with Crippen molar-refractivity contribution in [3.63, 3.8) is 0 Å². The zero-order valence-corrected chi connectivity index (χ0v) is 14.5. The highest BCUT2D eigenvalue weighted by Gasteiger charge is 2.35. The number of aliphatic hydroxyl groups excluding tert-OH is 1. The fourth-order valence-electron chi connectivity index (χ4n) is 3.26. The van der Waals surface area contributed by atoms with Gasteiger partial charge in [-0.15, -0.1) is 11.3 Å². The Morgan fingerprint density at radius 3 is 2.55 bits per heavy atom. The summed E-state index contributed by atoms with van der Waals surface area (Å²) in [6.07, 6.45) is 6.03. The zero-order valence-electron chi connectivity index (χ0n) is 13.6. The summed E-state index contributed by atoms with van der Waals surface area (Å²) in [6.45, 7) is 6.88. The SMILES string of the molecule is CC(C)(C)c1csc(C2=C(O)CN(C3CCCCC3)C2=N)n1. The lowest BCUT2D eigenvalue weighted by Crippen LogP contribution is -2.38. The molecule has 2 aliphatic rings. The third kappa shape index (κ3) is 2.78. The highest BCUT2D eigenvalue weighted by atomic mass is 32.1. The molecular weight excluding hydrogens is 294 g/mol. The third-order valence-corrected chi connectivity index (χ3v) is 5.49. The second-order valence-corrected chi connectivity index (χ2v) is 8.24. The molecule has 1 aliphatic carbocycles. The van der Waals surface area contributed by atoms with Crippen molar-refractivity contribution in [1.29, 1.82) is 5.41 Å². The summed E-state index contributed by atoms with van der Waals surface area (Å²) in [6, 6.07) is 0.406. The van der Waals surface area contributed by atoms with Crippen LogP contribution in [0.4, 0.5) is 0 Å². The predicted molar refractivity (Wildman–Crippen MR) is 91.7 cm³/mol. The number of hydrogen-bond acceptors (Lipinski definition) is 4. The van der Waals surface area contributed by atoms with Gasteiger partial charge in [-0.25, -0.2) is 4.98 Å². The maximum absolute atomic E-state index is 10.4. The van der Waals surface area contributed by atoms with Gasteiger partial charge in [0, 0.05) is 16.8 Å². The Morgan fingerprint density at radius 1 is 1.27 bits per heavy atom. The van der Waals surface area contributed by atoms with E-state index in [1.807, 2.05) is 5.38 Å². The monoisotopic (exact) mass is 319 g/mol. The lowest BCUT2D eigenvalue weighted by molar-refractivity contribution is 0.241. The Labute approximate surface area is 136 Å². The summed E-state index contributed by atoms with van der Waals surface area (Å²) >= 11 is 1.53. The molecule has 120 valence electrons. The van der Waals surface area contributed by atoms with Crippen molar-refractivity contribution >= 4 is 22.7 Å². The van der Waals surface area contributed by atoms with Crippen LogP contribution < -0.4 is 0 Å². The molecule has 0 radical (unpaired) electrons. The number of rotatable bonds is 2. The van der Waals surface area contributed by atoms with E-state index in [-0.39, 0.29) is 5.41 Å². The first-order valence-electron chi connectivity index (χ1n) is 8.12. The van der Waals surface area contributed by atoms with Crippen LogP contribution in [0, 0.1) is 5.41 Å². The van der Waals surface area contributed by atoms with Gasteiger partial charge in [0.1, 0.15) is 16.6 Å². The molecule has 3 rings (SSSR count). The van der Waals surface area contributed by atoms with Gasteiger partial charge in [-0.3, -0.25) is 5.41 Å². The fraction of sp³-hybridized carbons (Fsp3) is 0.647. The van der Waals surface area contributed by atoms with Crippen LogP contribution in [-0.4, -0.2) is 33.4 Å². The van der Waals surface area contributed by atoms with Gasteiger partial charge in [0.15, 0.2) is 0 Å². The first kappa shape index (κ1) is 15.5. The van der Waals surface area contributed by atoms with Crippen molar-refractivity contribution in [3.8, 4) is 0 Å². The number of nitrogens with zero attached hydrogens (tertiary/aromatic N) is 2. The minimum atomic E-state index is -0.00518. The maximum atomic E-state index is 10.4.